The maximum Gasteiger partial charge on any atom is 0.129 e. The number of hydrogen-bond donors (Lipinski definition) is 1. The molecule has 6 heteroatoms. The predicted octanol–water partition coefficient (Wildman–Crippen LogP) is 1.87. The summed E-state index contributed by atoms with van der Waals surface area (Å²) >= 11 is 0. The Labute approximate surface area is 109 Å². The van der Waals surface area contributed by atoms with Crippen molar-refractivity contribution in [3.63, 3.8) is 0 Å². The molecule has 2 aromatic heterocycles. The molecule has 0 atom stereocenters. The van der Waals surface area contributed by atoms with Crippen molar-refractivity contribution in [2.75, 3.05) is 5.73 Å². The lowest BCUT2D eigenvalue weighted by molar-refractivity contribution is 0.300. The summed E-state index contributed by atoms with van der Waals surface area (Å²) in [5.74, 6) is 0. The average molecular weight is 255 g/mol. The summed E-state index contributed by atoms with van der Waals surface area (Å²) in [7, 11) is 0. The van der Waals surface area contributed by atoms with Crippen molar-refractivity contribution in [1.29, 1.82) is 0 Å². The Morgan fingerprint density at radius 1 is 1.26 bits per heavy atom. The SMILES string of the molecule is Cc1nonc1Cn1cc(-c2cccc(N)c2)cn1. The van der Waals surface area contributed by atoms with Gasteiger partial charge in [0.15, 0.2) is 0 Å². The molecule has 19 heavy (non-hydrogen) atoms. The van der Waals surface area contributed by atoms with E-state index in [1.165, 1.54) is 0 Å². The number of hydrogen-bond acceptors (Lipinski definition) is 5. The maximum atomic E-state index is 5.77. The van der Waals surface area contributed by atoms with E-state index in [0.717, 1.165) is 28.2 Å². The van der Waals surface area contributed by atoms with E-state index in [0.29, 0.717) is 6.54 Å². The van der Waals surface area contributed by atoms with Crippen LogP contribution in [0.25, 0.3) is 11.1 Å². The van der Waals surface area contributed by atoms with Crippen molar-refractivity contribution in [1.82, 2.24) is 20.1 Å². The van der Waals surface area contributed by atoms with Crippen LogP contribution in [0, 0.1) is 6.92 Å². The summed E-state index contributed by atoms with van der Waals surface area (Å²) in [5, 5.41) is 11.9. The Morgan fingerprint density at radius 3 is 2.89 bits per heavy atom. The van der Waals surface area contributed by atoms with Gasteiger partial charge in [-0.05, 0) is 24.6 Å². The standard InChI is InChI=1S/C13H13N5O/c1-9-13(17-19-16-9)8-18-7-11(6-15-18)10-3-2-4-12(14)5-10/h2-7H,8,14H2,1H3. The van der Waals surface area contributed by atoms with Gasteiger partial charge in [0, 0.05) is 17.4 Å². The Balaban J connectivity index is 1.86. The van der Waals surface area contributed by atoms with Crippen molar-refractivity contribution in [3.05, 3.63) is 48.0 Å². The van der Waals surface area contributed by atoms with E-state index in [1.54, 1.807) is 10.9 Å². The molecular weight excluding hydrogens is 242 g/mol. The molecule has 3 rings (SSSR count). The molecule has 0 radical (unpaired) electrons. The first-order valence-electron chi connectivity index (χ1n) is 5.89. The van der Waals surface area contributed by atoms with E-state index in [1.807, 2.05) is 37.4 Å². The third-order valence-electron chi connectivity index (χ3n) is 2.91. The number of anilines is 1. The van der Waals surface area contributed by atoms with Crippen LogP contribution in [0.1, 0.15) is 11.4 Å². The topological polar surface area (TPSA) is 82.8 Å². The molecule has 0 bridgehead atoms. The maximum absolute atomic E-state index is 5.77. The Morgan fingerprint density at radius 2 is 2.16 bits per heavy atom. The van der Waals surface area contributed by atoms with E-state index in [9.17, 15) is 0 Å². The van der Waals surface area contributed by atoms with Crippen LogP contribution < -0.4 is 5.73 Å². The highest BCUT2D eigenvalue weighted by atomic mass is 16.6. The number of aromatic nitrogens is 4. The van der Waals surface area contributed by atoms with E-state index in [-0.39, 0.29) is 0 Å². The summed E-state index contributed by atoms with van der Waals surface area (Å²) in [4.78, 5) is 0. The lowest BCUT2D eigenvalue weighted by atomic mass is 10.1. The largest absolute Gasteiger partial charge is 0.399 e. The van der Waals surface area contributed by atoms with Crippen molar-refractivity contribution >= 4 is 5.69 Å². The van der Waals surface area contributed by atoms with Gasteiger partial charge in [-0.15, -0.1) is 0 Å². The van der Waals surface area contributed by atoms with Gasteiger partial charge < -0.3 is 5.73 Å². The van der Waals surface area contributed by atoms with Crippen LogP contribution in [0.4, 0.5) is 5.69 Å². The molecular formula is C13H13N5O. The summed E-state index contributed by atoms with van der Waals surface area (Å²) < 4.78 is 6.46. The quantitative estimate of drug-likeness (QED) is 0.722. The number of rotatable bonds is 3. The number of aryl methyl sites for hydroxylation is 1. The van der Waals surface area contributed by atoms with Gasteiger partial charge in [0.1, 0.15) is 11.4 Å². The van der Waals surface area contributed by atoms with Gasteiger partial charge in [-0.1, -0.05) is 22.4 Å². The van der Waals surface area contributed by atoms with Gasteiger partial charge in [0.2, 0.25) is 0 Å². The molecule has 0 amide bonds. The first-order chi connectivity index (χ1) is 9.22. The second-order valence-electron chi connectivity index (χ2n) is 4.35. The molecule has 0 aliphatic carbocycles. The molecule has 2 N–H and O–H groups in total. The Kier molecular flexibility index (Phi) is 2.75. The minimum absolute atomic E-state index is 0.539. The van der Waals surface area contributed by atoms with Crippen molar-refractivity contribution in [3.8, 4) is 11.1 Å². The molecule has 2 heterocycles. The monoisotopic (exact) mass is 255 g/mol. The van der Waals surface area contributed by atoms with Crippen LogP contribution in [0.2, 0.25) is 0 Å². The van der Waals surface area contributed by atoms with Gasteiger partial charge in [0.05, 0.1) is 12.7 Å². The second-order valence-corrected chi connectivity index (χ2v) is 4.35. The van der Waals surface area contributed by atoms with Crippen molar-refractivity contribution in [2.45, 2.75) is 13.5 Å². The summed E-state index contributed by atoms with van der Waals surface area (Å²) in [6.07, 6.45) is 3.75. The lowest BCUT2D eigenvalue weighted by Gasteiger charge is -1.99. The summed E-state index contributed by atoms with van der Waals surface area (Å²) in [5.41, 5.74) is 10.1. The molecule has 0 aliphatic heterocycles. The van der Waals surface area contributed by atoms with Crippen molar-refractivity contribution in [2.24, 2.45) is 0 Å². The fraction of sp³-hybridized carbons (Fsp3) is 0.154. The smallest absolute Gasteiger partial charge is 0.129 e. The molecule has 0 spiro atoms. The van der Waals surface area contributed by atoms with Crippen LogP contribution in [-0.4, -0.2) is 20.1 Å². The Bertz CT molecular complexity index is 700. The van der Waals surface area contributed by atoms with Crippen LogP contribution in [0.15, 0.2) is 41.3 Å². The van der Waals surface area contributed by atoms with E-state index >= 15 is 0 Å². The van der Waals surface area contributed by atoms with Crippen LogP contribution in [0.3, 0.4) is 0 Å². The zero-order valence-corrected chi connectivity index (χ0v) is 10.4. The molecule has 0 saturated heterocycles. The molecule has 0 fully saturated rings. The molecule has 6 nitrogen and oxygen atoms in total. The van der Waals surface area contributed by atoms with Gasteiger partial charge in [-0.25, -0.2) is 4.63 Å². The number of benzene rings is 1. The predicted molar refractivity (Wildman–Crippen MR) is 70.2 cm³/mol. The zero-order chi connectivity index (χ0) is 13.2. The first kappa shape index (κ1) is 11.5. The number of nitrogens with two attached hydrogens (primary N) is 1. The van der Waals surface area contributed by atoms with Gasteiger partial charge >= 0.3 is 0 Å². The molecule has 0 unspecified atom stereocenters. The lowest BCUT2D eigenvalue weighted by Crippen LogP contribution is -2.01. The fourth-order valence-electron chi connectivity index (χ4n) is 1.86. The van der Waals surface area contributed by atoms with Gasteiger partial charge in [-0.3, -0.25) is 4.68 Å². The highest BCUT2D eigenvalue weighted by molar-refractivity contribution is 5.65. The minimum Gasteiger partial charge on any atom is -0.399 e. The van der Waals surface area contributed by atoms with Crippen LogP contribution in [0.5, 0.6) is 0 Å². The third-order valence-corrected chi connectivity index (χ3v) is 2.91. The average Bonchev–Trinajstić information content (AvgIpc) is 3.00. The highest BCUT2D eigenvalue weighted by Crippen LogP contribution is 2.20. The van der Waals surface area contributed by atoms with Gasteiger partial charge in [0.25, 0.3) is 0 Å². The highest BCUT2D eigenvalue weighted by Gasteiger charge is 2.08. The third kappa shape index (κ3) is 2.33. The second kappa shape index (κ2) is 4.56. The van der Waals surface area contributed by atoms with Crippen molar-refractivity contribution < 1.29 is 4.63 Å². The van der Waals surface area contributed by atoms with Crippen LogP contribution >= 0.6 is 0 Å². The number of nitrogen functional groups attached to an aromatic ring is 1. The molecule has 3 aromatic rings. The van der Waals surface area contributed by atoms with Crippen LogP contribution in [-0.2, 0) is 6.54 Å². The molecule has 96 valence electrons. The fourth-order valence-corrected chi connectivity index (χ4v) is 1.86. The normalized spacial score (nSPS) is 10.8. The Hall–Kier alpha value is -2.63. The van der Waals surface area contributed by atoms with E-state index < -0.39 is 0 Å². The summed E-state index contributed by atoms with van der Waals surface area (Å²) in [6.45, 7) is 2.39. The van der Waals surface area contributed by atoms with Gasteiger partial charge in [-0.2, -0.15) is 5.10 Å². The molecule has 0 saturated carbocycles. The van der Waals surface area contributed by atoms with E-state index in [2.05, 4.69) is 20.0 Å². The van der Waals surface area contributed by atoms with E-state index in [4.69, 9.17) is 5.73 Å². The number of nitrogens with zero attached hydrogens (tertiary/aromatic N) is 4. The first-order valence-corrected chi connectivity index (χ1v) is 5.89. The molecule has 1 aromatic carbocycles. The summed E-state index contributed by atoms with van der Waals surface area (Å²) in [6, 6.07) is 7.71. The molecule has 0 aliphatic rings. The zero-order valence-electron chi connectivity index (χ0n) is 10.4. The minimum atomic E-state index is 0.539.